The van der Waals surface area contributed by atoms with Crippen LogP contribution in [0.15, 0.2) is 23.1 Å². The zero-order chi connectivity index (χ0) is 13.3. The number of sulfonamides is 1. The van der Waals surface area contributed by atoms with Crippen molar-refractivity contribution in [2.24, 2.45) is 0 Å². The van der Waals surface area contributed by atoms with Crippen molar-refractivity contribution in [3.8, 4) is 0 Å². The molecule has 0 radical (unpaired) electrons. The van der Waals surface area contributed by atoms with Gasteiger partial charge in [0.1, 0.15) is 0 Å². The monoisotopic (exact) mass is 327 g/mol. The highest BCUT2D eigenvalue weighted by Crippen LogP contribution is 2.29. The molecule has 1 aromatic carbocycles. The van der Waals surface area contributed by atoms with Crippen LogP contribution in [0.3, 0.4) is 0 Å². The molecule has 1 aliphatic rings. The minimum absolute atomic E-state index is 0.122. The molecule has 1 heterocycles. The SMILES string of the molecule is O=S(=O)(c1cc(Cl)cc(Cl)c1)N1CCCC1CCl. The van der Waals surface area contributed by atoms with Crippen molar-refractivity contribution in [3.63, 3.8) is 0 Å². The molecule has 1 atom stereocenters. The fraction of sp³-hybridized carbons (Fsp3) is 0.455. The van der Waals surface area contributed by atoms with E-state index in [2.05, 4.69) is 0 Å². The van der Waals surface area contributed by atoms with Crippen LogP contribution < -0.4 is 0 Å². The van der Waals surface area contributed by atoms with Crippen LogP contribution in [0.1, 0.15) is 12.8 Å². The summed E-state index contributed by atoms with van der Waals surface area (Å²) < 4.78 is 26.3. The van der Waals surface area contributed by atoms with Gasteiger partial charge in [0.05, 0.1) is 4.90 Å². The third-order valence-electron chi connectivity index (χ3n) is 2.94. The van der Waals surface area contributed by atoms with Gasteiger partial charge in [-0.05, 0) is 31.0 Å². The van der Waals surface area contributed by atoms with Gasteiger partial charge in [-0.15, -0.1) is 11.6 Å². The first-order valence-electron chi connectivity index (χ1n) is 5.49. The van der Waals surface area contributed by atoms with Crippen LogP contribution in [-0.4, -0.2) is 31.2 Å². The van der Waals surface area contributed by atoms with E-state index in [9.17, 15) is 8.42 Å². The van der Waals surface area contributed by atoms with Crippen LogP contribution in [0.25, 0.3) is 0 Å². The molecular formula is C11H12Cl3NO2S. The fourth-order valence-electron chi connectivity index (χ4n) is 2.09. The van der Waals surface area contributed by atoms with Gasteiger partial charge in [-0.3, -0.25) is 0 Å². The lowest BCUT2D eigenvalue weighted by Gasteiger charge is -2.22. The minimum Gasteiger partial charge on any atom is -0.207 e. The second-order valence-corrected chi connectivity index (χ2v) is 7.24. The molecule has 1 aromatic rings. The molecule has 1 aliphatic heterocycles. The largest absolute Gasteiger partial charge is 0.243 e. The molecule has 0 bridgehead atoms. The van der Waals surface area contributed by atoms with Gasteiger partial charge in [-0.2, -0.15) is 4.31 Å². The Kier molecular flexibility index (Phi) is 4.44. The topological polar surface area (TPSA) is 37.4 Å². The summed E-state index contributed by atoms with van der Waals surface area (Å²) in [6.45, 7) is 0.490. The molecular weight excluding hydrogens is 317 g/mol. The second kappa shape index (κ2) is 5.55. The molecule has 1 saturated heterocycles. The molecule has 1 fully saturated rings. The smallest absolute Gasteiger partial charge is 0.207 e. The van der Waals surface area contributed by atoms with Gasteiger partial charge in [0.25, 0.3) is 0 Å². The molecule has 2 rings (SSSR count). The van der Waals surface area contributed by atoms with E-state index < -0.39 is 10.0 Å². The highest BCUT2D eigenvalue weighted by Gasteiger charge is 2.34. The Labute approximate surface area is 122 Å². The zero-order valence-electron chi connectivity index (χ0n) is 9.44. The maximum atomic E-state index is 12.5. The Morgan fingerprint density at radius 2 is 1.83 bits per heavy atom. The Hall–Kier alpha value is -0.000000000000000111. The van der Waals surface area contributed by atoms with E-state index in [0.717, 1.165) is 12.8 Å². The van der Waals surface area contributed by atoms with Crippen molar-refractivity contribution >= 4 is 44.8 Å². The third-order valence-corrected chi connectivity index (χ3v) is 5.67. The quantitative estimate of drug-likeness (QED) is 0.798. The summed E-state index contributed by atoms with van der Waals surface area (Å²) >= 11 is 17.5. The minimum atomic E-state index is -3.56. The first kappa shape index (κ1) is 14.4. The maximum Gasteiger partial charge on any atom is 0.243 e. The molecule has 7 heteroatoms. The van der Waals surface area contributed by atoms with Gasteiger partial charge >= 0.3 is 0 Å². The number of hydrogen-bond donors (Lipinski definition) is 0. The standard InChI is InChI=1S/C11H12Cl3NO2S/c12-7-10-2-1-3-15(10)18(16,17)11-5-8(13)4-9(14)6-11/h4-6,10H,1-3,7H2. The molecule has 3 nitrogen and oxygen atoms in total. The lowest BCUT2D eigenvalue weighted by molar-refractivity contribution is 0.411. The van der Waals surface area contributed by atoms with Gasteiger partial charge in [-0.25, -0.2) is 8.42 Å². The van der Waals surface area contributed by atoms with Crippen LogP contribution in [0, 0.1) is 0 Å². The molecule has 0 aliphatic carbocycles. The number of nitrogens with zero attached hydrogens (tertiary/aromatic N) is 1. The molecule has 0 amide bonds. The van der Waals surface area contributed by atoms with E-state index in [1.165, 1.54) is 22.5 Å². The van der Waals surface area contributed by atoms with E-state index in [1.807, 2.05) is 0 Å². The van der Waals surface area contributed by atoms with Crippen LogP contribution in [0.5, 0.6) is 0 Å². The number of halogens is 3. The van der Waals surface area contributed by atoms with Gasteiger partial charge < -0.3 is 0 Å². The first-order chi connectivity index (χ1) is 8.45. The summed E-state index contributed by atoms with van der Waals surface area (Å²) in [6.07, 6.45) is 1.61. The predicted octanol–water partition coefficient (Wildman–Crippen LogP) is 3.39. The molecule has 18 heavy (non-hydrogen) atoms. The average molecular weight is 329 g/mol. The normalized spacial score (nSPS) is 21.4. The van der Waals surface area contributed by atoms with Crippen molar-refractivity contribution in [3.05, 3.63) is 28.2 Å². The predicted molar refractivity (Wildman–Crippen MR) is 74.1 cm³/mol. The highest BCUT2D eigenvalue weighted by atomic mass is 35.5. The average Bonchev–Trinajstić information content (AvgIpc) is 2.76. The van der Waals surface area contributed by atoms with Crippen molar-refractivity contribution in [1.29, 1.82) is 0 Å². The van der Waals surface area contributed by atoms with Crippen molar-refractivity contribution in [1.82, 2.24) is 4.31 Å². The van der Waals surface area contributed by atoms with E-state index in [0.29, 0.717) is 22.5 Å². The summed E-state index contributed by atoms with van der Waals surface area (Å²) in [5.74, 6) is 0.299. The van der Waals surface area contributed by atoms with E-state index >= 15 is 0 Å². The van der Waals surface area contributed by atoms with Crippen LogP contribution in [0.2, 0.25) is 10.0 Å². The van der Waals surface area contributed by atoms with Crippen LogP contribution in [-0.2, 0) is 10.0 Å². The number of hydrogen-bond acceptors (Lipinski definition) is 2. The summed E-state index contributed by atoms with van der Waals surface area (Å²) in [7, 11) is -3.56. The lowest BCUT2D eigenvalue weighted by atomic mass is 10.3. The lowest BCUT2D eigenvalue weighted by Crippen LogP contribution is -2.36. The van der Waals surface area contributed by atoms with E-state index in [1.54, 1.807) is 0 Å². The highest BCUT2D eigenvalue weighted by molar-refractivity contribution is 7.89. The fourth-order valence-corrected chi connectivity index (χ4v) is 4.92. The first-order valence-corrected chi connectivity index (χ1v) is 8.22. The Bertz CT molecular complexity index is 527. The molecule has 0 saturated carbocycles. The summed E-state index contributed by atoms with van der Waals surface area (Å²) in [6, 6.07) is 4.18. The van der Waals surface area contributed by atoms with Gasteiger partial charge in [0.15, 0.2) is 0 Å². The van der Waals surface area contributed by atoms with Gasteiger partial charge in [0, 0.05) is 28.5 Å². The molecule has 0 spiro atoms. The van der Waals surface area contributed by atoms with Gasteiger partial charge in [-0.1, -0.05) is 23.2 Å². The van der Waals surface area contributed by atoms with Crippen molar-refractivity contribution < 1.29 is 8.42 Å². The van der Waals surface area contributed by atoms with Gasteiger partial charge in [0.2, 0.25) is 10.0 Å². The van der Waals surface area contributed by atoms with Crippen molar-refractivity contribution in [2.75, 3.05) is 12.4 Å². The molecule has 100 valence electrons. The van der Waals surface area contributed by atoms with Crippen LogP contribution in [0.4, 0.5) is 0 Å². The number of alkyl halides is 1. The Morgan fingerprint density at radius 1 is 1.22 bits per heavy atom. The van der Waals surface area contributed by atoms with Crippen molar-refractivity contribution in [2.45, 2.75) is 23.8 Å². The molecule has 1 unspecified atom stereocenters. The number of rotatable bonds is 3. The number of benzene rings is 1. The third kappa shape index (κ3) is 2.78. The summed E-state index contributed by atoms with van der Waals surface area (Å²) in [4.78, 5) is 0.122. The Morgan fingerprint density at radius 3 is 2.39 bits per heavy atom. The van der Waals surface area contributed by atoms with E-state index in [4.69, 9.17) is 34.8 Å². The second-order valence-electron chi connectivity index (χ2n) is 4.17. The molecule has 0 aromatic heterocycles. The Balaban J connectivity index is 2.41. The van der Waals surface area contributed by atoms with Crippen LogP contribution >= 0.6 is 34.8 Å². The summed E-state index contributed by atoms with van der Waals surface area (Å²) in [5, 5.41) is 0.616. The zero-order valence-corrected chi connectivity index (χ0v) is 12.5. The molecule has 0 N–H and O–H groups in total. The maximum absolute atomic E-state index is 12.5. The van der Waals surface area contributed by atoms with E-state index in [-0.39, 0.29) is 10.9 Å². The summed E-state index contributed by atoms with van der Waals surface area (Å²) in [5.41, 5.74) is 0.